The summed E-state index contributed by atoms with van der Waals surface area (Å²) in [7, 11) is 0. The van der Waals surface area contributed by atoms with E-state index >= 15 is 0 Å². The number of hydrogen-bond acceptors (Lipinski definition) is 2. The van der Waals surface area contributed by atoms with Gasteiger partial charge in [0.2, 0.25) is 0 Å². The average Bonchev–Trinajstić information content (AvgIpc) is 3.64. The maximum absolute atomic E-state index is 6.58. The van der Waals surface area contributed by atoms with Gasteiger partial charge in [0, 0.05) is 32.9 Å². The van der Waals surface area contributed by atoms with Gasteiger partial charge in [0.05, 0.1) is 5.69 Å². The van der Waals surface area contributed by atoms with Gasteiger partial charge < -0.3 is 9.32 Å². The predicted octanol–water partition coefficient (Wildman–Crippen LogP) is 15.0. The minimum absolute atomic E-state index is 0.896. The Balaban J connectivity index is 1.08. The second kappa shape index (κ2) is 12.2. The van der Waals surface area contributed by atoms with Crippen molar-refractivity contribution in [3.8, 4) is 22.3 Å². The molecule has 2 heteroatoms. The molecule has 0 bridgehead atoms. The van der Waals surface area contributed by atoms with Crippen LogP contribution in [-0.4, -0.2) is 0 Å². The minimum atomic E-state index is 0.896. The zero-order valence-corrected chi connectivity index (χ0v) is 29.4. The Labute approximate surface area is 312 Å². The van der Waals surface area contributed by atoms with Crippen LogP contribution in [0.3, 0.4) is 0 Å². The average molecular weight is 688 g/mol. The van der Waals surface area contributed by atoms with Crippen LogP contribution in [0, 0.1) is 0 Å². The zero-order valence-electron chi connectivity index (χ0n) is 29.4. The number of rotatable bonds is 5. The van der Waals surface area contributed by atoms with Crippen LogP contribution >= 0.6 is 0 Å². The second-order valence-electron chi connectivity index (χ2n) is 14.1. The molecule has 252 valence electrons. The van der Waals surface area contributed by atoms with E-state index < -0.39 is 0 Å². The number of benzene rings is 10. The van der Waals surface area contributed by atoms with Crippen LogP contribution in [-0.2, 0) is 0 Å². The molecule has 0 fully saturated rings. The van der Waals surface area contributed by atoms with Gasteiger partial charge in [0.1, 0.15) is 11.2 Å². The summed E-state index contributed by atoms with van der Waals surface area (Å²) in [6.45, 7) is 0. The highest BCUT2D eigenvalue weighted by molar-refractivity contribution is 6.19. The van der Waals surface area contributed by atoms with Crippen LogP contribution in [0.15, 0.2) is 205 Å². The summed E-state index contributed by atoms with van der Waals surface area (Å²) < 4.78 is 6.58. The van der Waals surface area contributed by atoms with Gasteiger partial charge in [-0.1, -0.05) is 158 Å². The molecule has 11 aromatic rings. The van der Waals surface area contributed by atoms with Crippen LogP contribution in [0.2, 0.25) is 0 Å². The highest BCUT2D eigenvalue weighted by Gasteiger charge is 2.19. The SMILES string of the molecule is c1cc(-c2cccc3oc4c5ccccc5ccc4c23)cc(N(c2ccc(-c3cccc4c3ccc3ccccc34)cc2)c2cccc3ccccc23)c1. The molecule has 0 atom stereocenters. The maximum atomic E-state index is 6.58. The lowest BCUT2D eigenvalue weighted by atomic mass is 9.94. The molecular formula is C52H33NO. The standard InChI is InChI=1S/C52H33NO/c1-4-17-41-35(12-1)27-31-47-42(20-9-22-46(41)47)37-25-29-39(30-26-37)53(49-23-8-14-34-11-2-5-18-43(34)49)40-16-7-15-38(33-40)44-21-10-24-50-51(44)48-32-28-36-13-3-6-19-45(36)52(48)54-50/h1-33H. The Morgan fingerprint density at radius 2 is 0.944 bits per heavy atom. The molecule has 1 aromatic heterocycles. The third kappa shape index (κ3) is 4.81. The van der Waals surface area contributed by atoms with E-state index in [1.165, 1.54) is 48.8 Å². The van der Waals surface area contributed by atoms with E-state index in [9.17, 15) is 0 Å². The second-order valence-corrected chi connectivity index (χ2v) is 14.1. The molecule has 0 saturated carbocycles. The van der Waals surface area contributed by atoms with Crippen molar-refractivity contribution in [3.63, 3.8) is 0 Å². The van der Waals surface area contributed by atoms with E-state index in [4.69, 9.17) is 4.42 Å². The highest BCUT2D eigenvalue weighted by Crippen LogP contribution is 2.44. The Kier molecular flexibility index (Phi) is 6.90. The molecule has 0 aliphatic carbocycles. The van der Waals surface area contributed by atoms with Crippen LogP contribution in [0.5, 0.6) is 0 Å². The molecule has 0 aliphatic rings. The molecule has 1 heterocycles. The van der Waals surface area contributed by atoms with Gasteiger partial charge in [-0.05, 0) is 97.0 Å². The van der Waals surface area contributed by atoms with Crippen molar-refractivity contribution >= 4 is 82.1 Å². The summed E-state index contributed by atoms with van der Waals surface area (Å²) in [5.41, 5.74) is 9.86. The molecule has 2 nitrogen and oxygen atoms in total. The van der Waals surface area contributed by atoms with Gasteiger partial charge in [0.25, 0.3) is 0 Å². The smallest absolute Gasteiger partial charge is 0.143 e. The predicted molar refractivity (Wildman–Crippen MR) is 229 cm³/mol. The summed E-state index contributed by atoms with van der Waals surface area (Å²) in [6, 6.07) is 72.3. The van der Waals surface area contributed by atoms with Crippen LogP contribution < -0.4 is 4.90 Å². The van der Waals surface area contributed by atoms with Crippen molar-refractivity contribution in [2.24, 2.45) is 0 Å². The van der Waals surface area contributed by atoms with Crippen molar-refractivity contribution in [3.05, 3.63) is 200 Å². The van der Waals surface area contributed by atoms with Gasteiger partial charge in [-0.3, -0.25) is 0 Å². The fourth-order valence-electron chi connectivity index (χ4n) is 8.52. The number of anilines is 3. The monoisotopic (exact) mass is 687 g/mol. The number of hydrogen-bond donors (Lipinski definition) is 0. The molecule has 0 spiro atoms. The van der Waals surface area contributed by atoms with Gasteiger partial charge in [0.15, 0.2) is 0 Å². The van der Waals surface area contributed by atoms with Crippen molar-refractivity contribution in [1.82, 2.24) is 0 Å². The van der Waals surface area contributed by atoms with E-state index in [1.807, 2.05) is 0 Å². The maximum Gasteiger partial charge on any atom is 0.143 e. The lowest BCUT2D eigenvalue weighted by molar-refractivity contribution is 0.673. The molecule has 0 amide bonds. The lowest BCUT2D eigenvalue weighted by Gasteiger charge is -2.27. The molecule has 0 unspecified atom stereocenters. The summed E-state index contributed by atoms with van der Waals surface area (Å²) in [4.78, 5) is 2.40. The number of nitrogens with zero attached hydrogens (tertiary/aromatic N) is 1. The summed E-state index contributed by atoms with van der Waals surface area (Å²) in [5.74, 6) is 0. The first-order chi connectivity index (χ1) is 26.8. The summed E-state index contributed by atoms with van der Waals surface area (Å²) in [5, 5.41) is 12.1. The first kappa shape index (κ1) is 30.5. The number of fused-ring (bicyclic) bond motifs is 9. The van der Waals surface area contributed by atoms with Crippen molar-refractivity contribution in [2.75, 3.05) is 4.90 Å². The van der Waals surface area contributed by atoms with E-state index in [0.29, 0.717) is 0 Å². The van der Waals surface area contributed by atoms with E-state index in [2.05, 4.69) is 205 Å². The minimum Gasteiger partial charge on any atom is -0.455 e. The fourth-order valence-corrected chi connectivity index (χ4v) is 8.52. The molecule has 10 aromatic carbocycles. The lowest BCUT2D eigenvalue weighted by Crippen LogP contribution is -2.10. The highest BCUT2D eigenvalue weighted by atomic mass is 16.3. The molecule has 11 rings (SSSR count). The fraction of sp³-hybridized carbons (Fsp3) is 0. The first-order valence-corrected chi connectivity index (χ1v) is 18.5. The molecule has 0 aliphatic heterocycles. The van der Waals surface area contributed by atoms with Gasteiger partial charge >= 0.3 is 0 Å². The normalized spacial score (nSPS) is 11.7. The van der Waals surface area contributed by atoms with E-state index in [0.717, 1.165) is 55.5 Å². The first-order valence-electron chi connectivity index (χ1n) is 18.5. The topological polar surface area (TPSA) is 16.4 Å². The number of furan rings is 1. The summed E-state index contributed by atoms with van der Waals surface area (Å²) in [6.07, 6.45) is 0. The molecule has 0 saturated heterocycles. The van der Waals surface area contributed by atoms with Crippen LogP contribution in [0.4, 0.5) is 17.1 Å². The Hall–Kier alpha value is -7.16. The van der Waals surface area contributed by atoms with E-state index in [1.54, 1.807) is 0 Å². The zero-order chi connectivity index (χ0) is 35.6. The van der Waals surface area contributed by atoms with Gasteiger partial charge in [-0.2, -0.15) is 0 Å². The van der Waals surface area contributed by atoms with Gasteiger partial charge in [-0.15, -0.1) is 0 Å². The summed E-state index contributed by atoms with van der Waals surface area (Å²) >= 11 is 0. The van der Waals surface area contributed by atoms with Crippen molar-refractivity contribution in [2.45, 2.75) is 0 Å². The van der Waals surface area contributed by atoms with Crippen molar-refractivity contribution < 1.29 is 4.42 Å². The molecule has 0 N–H and O–H groups in total. The van der Waals surface area contributed by atoms with Gasteiger partial charge in [-0.25, -0.2) is 0 Å². The largest absolute Gasteiger partial charge is 0.455 e. The Bertz CT molecular complexity index is 3220. The Morgan fingerprint density at radius 1 is 0.333 bits per heavy atom. The third-order valence-corrected chi connectivity index (χ3v) is 11.0. The van der Waals surface area contributed by atoms with Crippen LogP contribution in [0.1, 0.15) is 0 Å². The molecular weight excluding hydrogens is 655 g/mol. The van der Waals surface area contributed by atoms with E-state index in [-0.39, 0.29) is 0 Å². The molecule has 0 radical (unpaired) electrons. The Morgan fingerprint density at radius 3 is 1.78 bits per heavy atom. The molecule has 54 heavy (non-hydrogen) atoms. The van der Waals surface area contributed by atoms with Crippen molar-refractivity contribution in [1.29, 1.82) is 0 Å². The third-order valence-electron chi connectivity index (χ3n) is 11.0. The quantitative estimate of drug-likeness (QED) is 0.168. The van der Waals surface area contributed by atoms with Crippen LogP contribution in [0.25, 0.3) is 87.3 Å².